The SMILES string of the molecule is CCNC(CCC1CCCC1)C(C)CCOC. The Morgan fingerprint density at radius 1 is 1.24 bits per heavy atom. The van der Waals surface area contributed by atoms with Crippen LogP contribution in [0.5, 0.6) is 0 Å². The van der Waals surface area contributed by atoms with Crippen LogP contribution >= 0.6 is 0 Å². The molecule has 1 aliphatic rings. The van der Waals surface area contributed by atoms with E-state index in [0.717, 1.165) is 25.0 Å². The zero-order chi connectivity index (χ0) is 12.5. The summed E-state index contributed by atoms with van der Waals surface area (Å²) in [6.07, 6.45) is 9.85. The highest BCUT2D eigenvalue weighted by Crippen LogP contribution is 2.30. The van der Waals surface area contributed by atoms with E-state index in [2.05, 4.69) is 19.2 Å². The number of ether oxygens (including phenoxy) is 1. The predicted octanol–water partition coefficient (Wildman–Crippen LogP) is 3.61. The standard InChI is InChI=1S/C15H31NO/c1-4-16-15(13(2)11-12-17-3)10-9-14-7-5-6-8-14/h13-16H,4-12H2,1-3H3. The zero-order valence-corrected chi connectivity index (χ0v) is 12.0. The van der Waals surface area contributed by atoms with E-state index in [4.69, 9.17) is 4.74 Å². The molecular formula is C15H31NO. The van der Waals surface area contributed by atoms with Crippen molar-refractivity contribution in [1.29, 1.82) is 0 Å². The molecule has 0 aromatic heterocycles. The molecule has 0 radical (unpaired) electrons. The van der Waals surface area contributed by atoms with Gasteiger partial charge in [-0.25, -0.2) is 0 Å². The number of rotatable bonds is 9. The largest absolute Gasteiger partial charge is 0.385 e. The molecular weight excluding hydrogens is 210 g/mol. The molecule has 2 heteroatoms. The summed E-state index contributed by atoms with van der Waals surface area (Å²) in [4.78, 5) is 0. The van der Waals surface area contributed by atoms with E-state index in [0.29, 0.717) is 6.04 Å². The summed E-state index contributed by atoms with van der Waals surface area (Å²) in [5.41, 5.74) is 0. The monoisotopic (exact) mass is 241 g/mol. The Morgan fingerprint density at radius 2 is 1.94 bits per heavy atom. The lowest BCUT2D eigenvalue weighted by atomic mass is 9.90. The zero-order valence-electron chi connectivity index (χ0n) is 12.0. The minimum absolute atomic E-state index is 0.691. The molecule has 0 aromatic carbocycles. The Bertz CT molecular complexity index is 178. The van der Waals surface area contributed by atoms with E-state index < -0.39 is 0 Å². The summed E-state index contributed by atoms with van der Waals surface area (Å²) in [7, 11) is 1.80. The molecule has 0 aliphatic heterocycles. The van der Waals surface area contributed by atoms with Crippen molar-refractivity contribution >= 4 is 0 Å². The minimum Gasteiger partial charge on any atom is -0.385 e. The fraction of sp³-hybridized carbons (Fsp3) is 1.00. The second-order valence-electron chi connectivity index (χ2n) is 5.65. The summed E-state index contributed by atoms with van der Waals surface area (Å²) in [6, 6.07) is 0.691. The average molecular weight is 241 g/mol. The highest BCUT2D eigenvalue weighted by atomic mass is 16.5. The second kappa shape index (κ2) is 8.93. The predicted molar refractivity (Wildman–Crippen MR) is 74.3 cm³/mol. The first-order chi connectivity index (χ1) is 8.27. The molecule has 1 saturated carbocycles. The van der Waals surface area contributed by atoms with E-state index in [1.165, 1.54) is 44.9 Å². The first kappa shape index (κ1) is 15.0. The molecule has 17 heavy (non-hydrogen) atoms. The first-order valence-electron chi connectivity index (χ1n) is 7.50. The normalized spacial score (nSPS) is 20.6. The third kappa shape index (κ3) is 5.87. The fourth-order valence-corrected chi connectivity index (χ4v) is 3.07. The summed E-state index contributed by atoms with van der Waals surface area (Å²) in [5.74, 6) is 1.75. The van der Waals surface area contributed by atoms with E-state index >= 15 is 0 Å². The average Bonchev–Trinajstić information content (AvgIpc) is 2.84. The van der Waals surface area contributed by atoms with Crippen molar-refractivity contribution in [3.63, 3.8) is 0 Å². The fourth-order valence-electron chi connectivity index (χ4n) is 3.07. The summed E-state index contributed by atoms with van der Waals surface area (Å²) in [6.45, 7) is 6.56. The van der Waals surface area contributed by atoms with Crippen molar-refractivity contribution in [1.82, 2.24) is 5.32 Å². The van der Waals surface area contributed by atoms with Crippen molar-refractivity contribution in [3.05, 3.63) is 0 Å². The van der Waals surface area contributed by atoms with Gasteiger partial charge in [-0.05, 0) is 37.6 Å². The number of nitrogens with one attached hydrogen (secondary N) is 1. The lowest BCUT2D eigenvalue weighted by Crippen LogP contribution is -2.35. The van der Waals surface area contributed by atoms with Gasteiger partial charge < -0.3 is 10.1 Å². The Balaban J connectivity index is 2.25. The number of methoxy groups -OCH3 is 1. The molecule has 102 valence electrons. The third-order valence-electron chi connectivity index (χ3n) is 4.29. The van der Waals surface area contributed by atoms with Crippen LogP contribution in [0.2, 0.25) is 0 Å². The van der Waals surface area contributed by atoms with Gasteiger partial charge in [-0.2, -0.15) is 0 Å². The highest BCUT2D eigenvalue weighted by Gasteiger charge is 2.20. The van der Waals surface area contributed by atoms with Gasteiger partial charge in [0, 0.05) is 19.8 Å². The molecule has 0 amide bonds. The Morgan fingerprint density at radius 3 is 2.53 bits per heavy atom. The van der Waals surface area contributed by atoms with Crippen LogP contribution < -0.4 is 5.32 Å². The molecule has 2 unspecified atom stereocenters. The number of hydrogen-bond donors (Lipinski definition) is 1. The molecule has 1 fully saturated rings. The van der Waals surface area contributed by atoms with Crippen LogP contribution in [0.25, 0.3) is 0 Å². The topological polar surface area (TPSA) is 21.3 Å². The molecule has 0 bridgehead atoms. The van der Waals surface area contributed by atoms with Crippen LogP contribution in [0.3, 0.4) is 0 Å². The van der Waals surface area contributed by atoms with Crippen molar-refractivity contribution in [2.75, 3.05) is 20.3 Å². The smallest absolute Gasteiger partial charge is 0.0465 e. The highest BCUT2D eigenvalue weighted by molar-refractivity contribution is 4.76. The molecule has 2 nitrogen and oxygen atoms in total. The second-order valence-corrected chi connectivity index (χ2v) is 5.65. The lowest BCUT2D eigenvalue weighted by Gasteiger charge is -2.26. The number of hydrogen-bond acceptors (Lipinski definition) is 2. The van der Waals surface area contributed by atoms with Gasteiger partial charge in [0.05, 0.1) is 0 Å². The quantitative estimate of drug-likeness (QED) is 0.666. The molecule has 1 aliphatic carbocycles. The van der Waals surface area contributed by atoms with Crippen LogP contribution in [0, 0.1) is 11.8 Å². The Labute approximate surface area is 108 Å². The first-order valence-corrected chi connectivity index (χ1v) is 7.50. The molecule has 2 atom stereocenters. The van der Waals surface area contributed by atoms with Crippen LogP contribution in [-0.4, -0.2) is 26.3 Å². The van der Waals surface area contributed by atoms with Crippen molar-refractivity contribution in [2.24, 2.45) is 11.8 Å². The maximum Gasteiger partial charge on any atom is 0.0465 e. The van der Waals surface area contributed by atoms with Gasteiger partial charge in [-0.15, -0.1) is 0 Å². The molecule has 1 rings (SSSR count). The third-order valence-corrected chi connectivity index (χ3v) is 4.29. The van der Waals surface area contributed by atoms with Gasteiger partial charge >= 0.3 is 0 Å². The van der Waals surface area contributed by atoms with Gasteiger partial charge in [-0.1, -0.05) is 39.5 Å². The van der Waals surface area contributed by atoms with Crippen LogP contribution in [-0.2, 0) is 4.74 Å². The van der Waals surface area contributed by atoms with E-state index in [9.17, 15) is 0 Å². The molecule has 0 saturated heterocycles. The molecule has 0 spiro atoms. The molecule has 0 aromatic rings. The van der Waals surface area contributed by atoms with Crippen LogP contribution in [0.4, 0.5) is 0 Å². The lowest BCUT2D eigenvalue weighted by molar-refractivity contribution is 0.167. The Kier molecular flexibility index (Phi) is 7.87. The summed E-state index contributed by atoms with van der Waals surface area (Å²) >= 11 is 0. The molecule has 0 heterocycles. The Hall–Kier alpha value is -0.0800. The van der Waals surface area contributed by atoms with Gasteiger partial charge in [0.15, 0.2) is 0 Å². The maximum absolute atomic E-state index is 5.19. The minimum atomic E-state index is 0.691. The van der Waals surface area contributed by atoms with Crippen molar-refractivity contribution in [2.45, 2.75) is 64.8 Å². The van der Waals surface area contributed by atoms with Crippen LogP contribution in [0.15, 0.2) is 0 Å². The van der Waals surface area contributed by atoms with E-state index in [-0.39, 0.29) is 0 Å². The van der Waals surface area contributed by atoms with Crippen molar-refractivity contribution in [3.8, 4) is 0 Å². The maximum atomic E-state index is 5.19. The van der Waals surface area contributed by atoms with Crippen LogP contribution in [0.1, 0.15) is 58.8 Å². The van der Waals surface area contributed by atoms with Gasteiger partial charge in [0.25, 0.3) is 0 Å². The van der Waals surface area contributed by atoms with Gasteiger partial charge in [0.2, 0.25) is 0 Å². The summed E-state index contributed by atoms with van der Waals surface area (Å²) < 4.78 is 5.19. The summed E-state index contributed by atoms with van der Waals surface area (Å²) in [5, 5.41) is 3.66. The molecule has 1 N–H and O–H groups in total. The van der Waals surface area contributed by atoms with Gasteiger partial charge in [0.1, 0.15) is 0 Å². The van der Waals surface area contributed by atoms with Crippen molar-refractivity contribution < 1.29 is 4.74 Å². The van der Waals surface area contributed by atoms with Gasteiger partial charge in [-0.3, -0.25) is 0 Å². The van der Waals surface area contributed by atoms with E-state index in [1.807, 2.05) is 0 Å². The van der Waals surface area contributed by atoms with E-state index in [1.54, 1.807) is 7.11 Å².